The third kappa shape index (κ3) is 2.89. The highest BCUT2D eigenvalue weighted by atomic mass is 32.2. The maximum absolute atomic E-state index is 13.7. The van der Waals surface area contributed by atoms with E-state index in [1.54, 1.807) is 22.8 Å². The number of benzene rings is 1. The van der Waals surface area contributed by atoms with Crippen molar-refractivity contribution in [2.45, 2.75) is 42.9 Å². The second-order valence-corrected chi connectivity index (χ2v) is 10.1. The molecule has 2 N–H and O–H groups in total. The van der Waals surface area contributed by atoms with Crippen LogP contribution in [0.3, 0.4) is 0 Å². The van der Waals surface area contributed by atoms with Gasteiger partial charge in [-0.3, -0.25) is 4.98 Å². The number of anilines is 1. The highest BCUT2D eigenvalue weighted by Gasteiger charge is 2.46. The summed E-state index contributed by atoms with van der Waals surface area (Å²) in [6.07, 6.45) is 6.87. The molecule has 1 atom stereocenters. The molecule has 1 aromatic carbocycles. The number of nitrogen functional groups attached to an aromatic ring is 1. The van der Waals surface area contributed by atoms with Gasteiger partial charge in [0, 0.05) is 36.3 Å². The molecule has 0 saturated carbocycles. The minimum atomic E-state index is -3.69. The number of aryl methyl sites for hydroxylation is 2. The van der Waals surface area contributed by atoms with Crippen molar-refractivity contribution in [1.82, 2.24) is 19.3 Å². The van der Waals surface area contributed by atoms with E-state index in [0.717, 1.165) is 47.9 Å². The zero-order valence-corrected chi connectivity index (χ0v) is 17.1. The maximum Gasteiger partial charge on any atom is 0.245 e. The third-order valence-corrected chi connectivity index (χ3v) is 8.09. The van der Waals surface area contributed by atoms with Gasteiger partial charge in [-0.2, -0.15) is 4.31 Å². The number of nitrogens with zero attached hydrogens (tertiary/aromatic N) is 4. The molecule has 150 valence electrons. The lowest BCUT2D eigenvalue weighted by atomic mass is 9.78. The smallest absolute Gasteiger partial charge is 0.245 e. The molecule has 1 saturated heterocycles. The van der Waals surface area contributed by atoms with Crippen molar-refractivity contribution < 1.29 is 8.42 Å². The number of aromatic nitrogens is 3. The second kappa shape index (κ2) is 6.47. The number of nitrogens with two attached hydrogens (primary N) is 1. The molecule has 2 aliphatic rings. The van der Waals surface area contributed by atoms with E-state index in [-0.39, 0.29) is 16.3 Å². The monoisotopic (exact) mass is 409 g/mol. The van der Waals surface area contributed by atoms with E-state index in [9.17, 15) is 8.42 Å². The van der Waals surface area contributed by atoms with Crippen LogP contribution in [0, 0.1) is 6.92 Å². The first-order valence-electron chi connectivity index (χ1n) is 9.86. The van der Waals surface area contributed by atoms with E-state index in [2.05, 4.69) is 15.0 Å². The summed E-state index contributed by atoms with van der Waals surface area (Å²) in [7, 11) is -3.69. The molecule has 0 bridgehead atoms. The van der Waals surface area contributed by atoms with Crippen molar-refractivity contribution in [3.05, 3.63) is 53.5 Å². The van der Waals surface area contributed by atoms with Crippen LogP contribution in [-0.4, -0.2) is 40.8 Å². The first-order chi connectivity index (χ1) is 13.9. The van der Waals surface area contributed by atoms with Crippen LogP contribution in [-0.2, 0) is 21.9 Å². The molecular formula is C21H23N5O2S. The Hall–Kier alpha value is -2.58. The lowest BCUT2D eigenvalue weighted by Gasteiger charge is -2.39. The molecule has 8 heteroatoms. The molecule has 0 amide bonds. The van der Waals surface area contributed by atoms with Gasteiger partial charge in [0.05, 0.1) is 11.2 Å². The topological polar surface area (TPSA) is 102 Å². The van der Waals surface area contributed by atoms with E-state index in [4.69, 9.17) is 5.73 Å². The number of fused-ring (bicyclic) bond motifs is 3. The third-order valence-electron chi connectivity index (χ3n) is 6.23. The summed E-state index contributed by atoms with van der Waals surface area (Å²) in [6, 6.07) is 7.42. The molecular weight excluding hydrogens is 386 g/mol. The predicted octanol–water partition coefficient (Wildman–Crippen LogP) is 2.58. The van der Waals surface area contributed by atoms with Gasteiger partial charge in [0.15, 0.2) is 0 Å². The summed E-state index contributed by atoms with van der Waals surface area (Å²) in [6.45, 7) is 2.83. The van der Waals surface area contributed by atoms with Crippen LogP contribution in [0.4, 0.5) is 5.95 Å². The molecule has 1 unspecified atom stereocenters. The molecule has 0 radical (unpaired) electrons. The predicted molar refractivity (Wildman–Crippen MR) is 111 cm³/mol. The highest BCUT2D eigenvalue weighted by molar-refractivity contribution is 7.89. The zero-order valence-electron chi connectivity index (χ0n) is 16.3. The van der Waals surface area contributed by atoms with Gasteiger partial charge < -0.3 is 5.73 Å². The van der Waals surface area contributed by atoms with Crippen LogP contribution in [0.15, 0.2) is 41.6 Å². The lowest BCUT2D eigenvalue weighted by molar-refractivity contribution is 0.219. The summed E-state index contributed by atoms with van der Waals surface area (Å²) >= 11 is 0. The number of hydrogen-bond donors (Lipinski definition) is 1. The quantitative estimate of drug-likeness (QED) is 0.698. The Morgan fingerprint density at radius 2 is 2.07 bits per heavy atom. The molecule has 1 aliphatic heterocycles. The Morgan fingerprint density at radius 1 is 1.21 bits per heavy atom. The fourth-order valence-corrected chi connectivity index (χ4v) is 6.70. The van der Waals surface area contributed by atoms with E-state index in [0.29, 0.717) is 18.6 Å². The minimum absolute atomic E-state index is 0.249. The highest BCUT2D eigenvalue weighted by Crippen LogP contribution is 2.45. The lowest BCUT2D eigenvalue weighted by Crippen LogP contribution is -2.48. The Balaban J connectivity index is 1.58. The molecule has 3 heterocycles. The van der Waals surface area contributed by atoms with Crippen molar-refractivity contribution in [2.75, 3.05) is 18.8 Å². The van der Waals surface area contributed by atoms with Gasteiger partial charge in [-0.1, -0.05) is 6.07 Å². The van der Waals surface area contributed by atoms with Crippen LogP contribution in [0.25, 0.3) is 10.9 Å². The Morgan fingerprint density at radius 3 is 2.93 bits per heavy atom. The number of pyridine rings is 1. The molecule has 7 nitrogen and oxygen atoms in total. The van der Waals surface area contributed by atoms with E-state index in [1.807, 2.05) is 25.1 Å². The van der Waals surface area contributed by atoms with E-state index >= 15 is 0 Å². The van der Waals surface area contributed by atoms with Crippen LogP contribution < -0.4 is 5.73 Å². The van der Waals surface area contributed by atoms with Gasteiger partial charge in [0.25, 0.3) is 0 Å². The van der Waals surface area contributed by atoms with E-state index < -0.39 is 10.0 Å². The van der Waals surface area contributed by atoms with Crippen LogP contribution in [0.5, 0.6) is 0 Å². The van der Waals surface area contributed by atoms with Crippen LogP contribution in [0.1, 0.15) is 36.1 Å². The number of piperidine rings is 1. The normalized spacial score (nSPS) is 22.2. The largest absolute Gasteiger partial charge is 0.368 e. The van der Waals surface area contributed by atoms with Crippen molar-refractivity contribution in [3.63, 3.8) is 0 Å². The fraction of sp³-hybridized carbons (Fsp3) is 0.381. The molecule has 5 rings (SSSR count). The van der Waals surface area contributed by atoms with Crippen LogP contribution >= 0.6 is 0 Å². The summed E-state index contributed by atoms with van der Waals surface area (Å²) < 4.78 is 29.0. The molecule has 1 spiro atoms. The summed E-state index contributed by atoms with van der Waals surface area (Å²) in [5, 5.41) is 0.838. The van der Waals surface area contributed by atoms with Gasteiger partial charge >= 0.3 is 0 Å². The first-order valence-corrected chi connectivity index (χ1v) is 11.3. The summed E-state index contributed by atoms with van der Waals surface area (Å²) in [5.41, 5.74) is 9.00. The second-order valence-electron chi connectivity index (χ2n) is 8.16. The van der Waals surface area contributed by atoms with Crippen molar-refractivity contribution in [3.8, 4) is 0 Å². The average molecular weight is 410 g/mol. The first kappa shape index (κ1) is 18.4. The SMILES string of the molecule is Cc1cc(S(=O)(=O)N2CCCC3(CCc4cnc(N)nc43)C2)c2ncccc2c1. The fourth-order valence-electron chi connectivity index (χ4n) is 4.88. The molecule has 29 heavy (non-hydrogen) atoms. The Kier molecular flexibility index (Phi) is 4.11. The van der Waals surface area contributed by atoms with Gasteiger partial charge in [0.1, 0.15) is 4.90 Å². The summed E-state index contributed by atoms with van der Waals surface area (Å²) in [5.74, 6) is 0.249. The standard InChI is InChI=1S/C21H23N5O2S/c1-14-10-15-4-2-8-23-18(15)17(11-14)29(27,28)26-9-3-6-21(13-26)7-5-16-12-24-20(22)25-19(16)21/h2,4,8,10-12H,3,5-7,9,13H2,1H3,(H2,22,24,25). The number of hydrogen-bond acceptors (Lipinski definition) is 6. The van der Waals surface area contributed by atoms with Gasteiger partial charge in [0.2, 0.25) is 16.0 Å². The van der Waals surface area contributed by atoms with E-state index in [1.165, 1.54) is 0 Å². The molecule has 1 fully saturated rings. The van der Waals surface area contributed by atoms with Crippen molar-refractivity contribution in [2.24, 2.45) is 0 Å². The molecule has 2 aromatic heterocycles. The van der Waals surface area contributed by atoms with Gasteiger partial charge in [-0.25, -0.2) is 18.4 Å². The van der Waals surface area contributed by atoms with Gasteiger partial charge in [-0.05, 0) is 61.9 Å². The number of rotatable bonds is 2. The Bertz CT molecular complexity index is 1220. The summed E-state index contributed by atoms with van der Waals surface area (Å²) in [4.78, 5) is 13.3. The van der Waals surface area contributed by atoms with Crippen LogP contribution in [0.2, 0.25) is 0 Å². The number of sulfonamides is 1. The van der Waals surface area contributed by atoms with Gasteiger partial charge in [-0.15, -0.1) is 0 Å². The zero-order chi connectivity index (χ0) is 20.2. The molecule has 1 aliphatic carbocycles. The van der Waals surface area contributed by atoms with Crippen molar-refractivity contribution in [1.29, 1.82) is 0 Å². The maximum atomic E-state index is 13.7. The molecule has 3 aromatic rings. The van der Waals surface area contributed by atoms with Crippen molar-refractivity contribution >= 4 is 26.9 Å². The minimum Gasteiger partial charge on any atom is -0.368 e. The average Bonchev–Trinajstić information content (AvgIpc) is 3.04. The Labute approximate surface area is 170 Å².